The molecule has 0 aromatic carbocycles. The van der Waals surface area contributed by atoms with E-state index in [1.807, 2.05) is 0 Å². The molecule has 0 fully saturated rings. The average molecular weight is 1040 g/mol. The Hall–Kier alpha value is -4.71. The molecule has 0 aliphatic rings. The zero-order valence-electron chi connectivity index (χ0n) is 48.3. The lowest BCUT2D eigenvalue weighted by Gasteiger charge is -2.18. The summed E-state index contributed by atoms with van der Waals surface area (Å²) in [5.74, 6) is -0.930. The van der Waals surface area contributed by atoms with Crippen LogP contribution in [0.4, 0.5) is 0 Å². The average Bonchev–Trinajstić information content (AvgIpc) is 3.41. The van der Waals surface area contributed by atoms with Crippen LogP contribution in [0, 0.1) is 0 Å². The van der Waals surface area contributed by atoms with Gasteiger partial charge in [0, 0.05) is 19.3 Å². The molecule has 0 aliphatic carbocycles. The number of ether oxygens (including phenoxy) is 3. The van der Waals surface area contributed by atoms with Crippen LogP contribution in [0.5, 0.6) is 0 Å². The molecule has 1 atom stereocenters. The molecule has 6 heteroatoms. The van der Waals surface area contributed by atoms with Crippen molar-refractivity contribution in [3.8, 4) is 0 Å². The predicted octanol–water partition coefficient (Wildman–Crippen LogP) is 20.8. The zero-order chi connectivity index (χ0) is 54.3. The molecule has 0 aromatic heterocycles. The Morgan fingerprint density at radius 3 is 0.813 bits per heavy atom. The van der Waals surface area contributed by atoms with E-state index in [0.29, 0.717) is 19.3 Å². The van der Waals surface area contributed by atoms with Crippen molar-refractivity contribution >= 4 is 17.9 Å². The van der Waals surface area contributed by atoms with Gasteiger partial charge in [0.05, 0.1) is 0 Å². The predicted molar refractivity (Wildman–Crippen MR) is 325 cm³/mol. The maximum atomic E-state index is 12.8. The van der Waals surface area contributed by atoms with Crippen LogP contribution < -0.4 is 0 Å². The lowest BCUT2D eigenvalue weighted by molar-refractivity contribution is -0.167. The van der Waals surface area contributed by atoms with E-state index < -0.39 is 6.10 Å². The number of allylic oxidation sites excluding steroid dienone is 24. The normalized spacial score (nSPS) is 13.2. The highest BCUT2D eigenvalue weighted by molar-refractivity contribution is 5.71. The van der Waals surface area contributed by atoms with Crippen LogP contribution in [-0.4, -0.2) is 37.2 Å². The first-order valence-electron chi connectivity index (χ1n) is 30.3. The van der Waals surface area contributed by atoms with Crippen LogP contribution in [0.15, 0.2) is 146 Å². The van der Waals surface area contributed by atoms with E-state index in [1.165, 1.54) is 51.4 Å². The standard InChI is InChI=1S/C69H110O6/c1-4-7-10-13-15-17-19-21-23-25-26-27-28-29-30-31-32-33-34-35-36-37-38-39-40-41-42-44-45-47-49-51-53-56-59-62-68(71)74-65-66(64-73-67(70)61-58-55-12-9-6-3)75-69(72)63-60-57-54-52-50-48-46-43-24-22-20-18-16-14-11-8-5-2/h7-8,10-11,15-18,21-24,26-27,29-30,32-33,35-36,38-39,41-42,66H,4-6,9,12-14,19-20,25,28,31,34,37,40,43-65H2,1-3H3/b10-7-,11-8-,17-15-,18-16-,23-21-,24-22-,27-26-,30-29-,33-32-,36-35-,39-38-,42-41-. The van der Waals surface area contributed by atoms with Crippen molar-refractivity contribution in [2.75, 3.05) is 13.2 Å². The lowest BCUT2D eigenvalue weighted by atomic mass is 10.1. The van der Waals surface area contributed by atoms with Gasteiger partial charge in [-0.2, -0.15) is 0 Å². The van der Waals surface area contributed by atoms with Crippen molar-refractivity contribution in [2.45, 2.75) is 258 Å². The SMILES string of the molecule is CC/C=C\C/C=C\C/C=C\C/C=C\C/C=C\C/C=C\C/C=C\C/C=C\C/C=C\CCCCCCCCCC(=O)OCC(COC(=O)CCCCCCC)OC(=O)CCCCCCCCC/C=C\C/C=C\C/C=C\CC. The minimum absolute atomic E-state index is 0.0900. The summed E-state index contributed by atoms with van der Waals surface area (Å²) >= 11 is 0. The summed E-state index contributed by atoms with van der Waals surface area (Å²) in [6.45, 7) is 6.30. The number of hydrogen-bond acceptors (Lipinski definition) is 6. The molecule has 75 heavy (non-hydrogen) atoms. The molecule has 0 saturated carbocycles. The molecule has 0 heterocycles. The minimum atomic E-state index is -0.789. The molecule has 0 aliphatic heterocycles. The Balaban J connectivity index is 4.10. The highest BCUT2D eigenvalue weighted by Gasteiger charge is 2.19. The van der Waals surface area contributed by atoms with Crippen LogP contribution in [0.1, 0.15) is 252 Å². The van der Waals surface area contributed by atoms with Crippen molar-refractivity contribution in [3.63, 3.8) is 0 Å². The van der Waals surface area contributed by atoms with Gasteiger partial charge in [-0.3, -0.25) is 14.4 Å². The van der Waals surface area contributed by atoms with Crippen molar-refractivity contribution in [2.24, 2.45) is 0 Å². The highest BCUT2D eigenvalue weighted by Crippen LogP contribution is 2.14. The fourth-order valence-electron chi connectivity index (χ4n) is 7.86. The molecule has 0 spiro atoms. The minimum Gasteiger partial charge on any atom is -0.462 e. The maximum absolute atomic E-state index is 12.8. The van der Waals surface area contributed by atoms with Gasteiger partial charge >= 0.3 is 17.9 Å². The largest absolute Gasteiger partial charge is 0.462 e. The van der Waals surface area contributed by atoms with Gasteiger partial charge in [-0.15, -0.1) is 0 Å². The first-order valence-corrected chi connectivity index (χ1v) is 30.3. The first-order chi connectivity index (χ1) is 37.0. The molecule has 0 saturated heterocycles. The Kier molecular flexibility index (Phi) is 58.0. The van der Waals surface area contributed by atoms with E-state index in [-0.39, 0.29) is 31.1 Å². The second-order valence-corrected chi connectivity index (χ2v) is 19.5. The monoisotopic (exact) mass is 1030 g/mol. The number of carbonyl (C=O) groups is 3. The topological polar surface area (TPSA) is 78.9 Å². The highest BCUT2D eigenvalue weighted by atomic mass is 16.6. The first kappa shape index (κ1) is 70.3. The van der Waals surface area contributed by atoms with Gasteiger partial charge in [0.1, 0.15) is 13.2 Å². The van der Waals surface area contributed by atoms with Crippen molar-refractivity contribution in [1.29, 1.82) is 0 Å². The van der Waals surface area contributed by atoms with Gasteiger partial charge in [-0.1, -0.05) is 256 Å². The number of carbonyl (C=O) groups excluding carboxylic acids is 3. The zero-order valence-corrected chi connectivity index (χ0v) is 48.3. The molecule has 6 nitrogen and oxygen atoms in total. The summed E-state index contributed by atoms with van der Waals surface area (Å²) in [5.41, 5.74) is 0. The Bertz CT molecular complexity index is 1660. The van der Waals surface area contributed by atoms with E-state index in [9.17, 15) is 14.4 Å². The fourth-order valence-corrected chi connectivity index (χ4v) is 7.86. The third-order valence-electron chi connectivity index (χ3n) is 12.3. The summed E-state index contributed by atoms with van der Waals surface area (Å²) in [6, 6.07) is 0. The van der Waals surface area contributed by atoms with E-state index in [4.69, 9.17) is 14.2 Å². The summed E-state index contributed by atoms with van der Waals surface area (Å²) in [6.07, 6.45) is 88.9. The van der Waals surface area contributed by atoms with E-state index in [0.717, 1.165) is 161 Å². The molecule has 0 bridgehead atoms. The number of esters is 3. The Morgan fingerprint density at radius 2 is 0.520 bits per heavy atom. The third-order valence-corrected chi connectivity index (χ3v) is 12.3. The molecule has 0 amide bonds. The molecular formula is C69H110O6. The Labute approximate surface area is 461 Å². The molecule has 422 valence electrons. The molecule has 0 rings (SSSR count). The molecule has 0 N–H and O–H groups in total. The van der Waals surface area contributed by atoms with Gasteiger partial charge in [-0.05, 0) is 122 Å². The lowest BCUT2D eigenvalue weighted by Crippen LogP contribution is -2.30. The molecule has 0 radical (unpaired) electrons. The van der Waals surface area contributed by atoms with Crippen LogP contribution in [0.3, 0.4) is 0 Å². The van der Waals surface area contributed by atoms with E-state index in [1.54, 1.807) is 0 Å². The van der Waals surface area contributed by atoms with E-state index in [2.05, 4.69) is 167 Å². The molecule has 0 aromatic rings. The van der Waals surface area contributed by atoms with Crippen LogP contribution in [0.2, 0.25) is 0 Å². The molecule has 1 unspecified atom stereocenters. The molecular weight excluding hydrogens is 925 g/mol. The van der Waals surface area contributed by atoms with Gasteiger partial charge in [0.25, 0.3) is 0 Å². The summed E-state index contributed by atoms with van der Waals surface area (Å²) in [5, 5.41) is 0. The van der Waals surface area contributed by atoms with Crippen LogP contribution >= 0.6 is 0 Å². The number of hydrogen-bond donors (Lipinski definition) is 0. The van der Waals surface area contributed by atoms with Gasteiger partial charge in [-0.25, -0.2) is 0 Å². The second kappa shape index (κ2) is 61.8. The quantitative estimate of drug-likeness (QED) is 0.0261. The fraction of sp³-hybridized carbons (Fsp3) is 0.609. The summed E-state index contributed by atoms with van der Waals surface area (Å²) in [4.78, 5) is 37.8. The summed E-state index contributed by atoms with van der Waals surface area (Å²) in [7, 11) is 0. The van der Waals surface area contributed by atoms with Crippen molar-refractivity contribution < 1.29 is 28.6 Å². The second-order valence-electron chi connectivity index (χ2n) is 19.5. The number of unbranched alkanes of at least 4 members (excludes halogenated alkanes) is 18. The Morgan fingerprint density at radius 1 is 0.280 bits per heavy atom. The third kappa shape index (κ3) is 60.0. The van der Waals surface area contributed by atoms with Crippen LogP contribution in [0.25, 0.3) is 0 Å². The van der Waals surface area contributed by atoms with Crippen LogP contribution in [-0.2, 0) is 28.6 Å². The van der Waals surface area contributed by atoms with Crippen molar-refractivity contribution in [1.82, 2.24) is 0 Å². The summed E-state index contributed by atoms with van der Waals surface area (Å²) < 4.78 is 16.7. The van der Waals surface area contributed by atoms with Gasteiger partial charge < -0.3 is 14.2 Å². The number of rotatable bonds is 53. The van der Waals surface area contributed by atoms with Gasteiger partial charge in [0.2, 0.25) is 0 Å². The van der Waals surface area contributed by atoms with Crippen molar-refractivity contribution in [3.05, 3.63) is 146 Å². The van der Waals surface area contributed by atoms with Gasteiger partial charge in [0.15, 0.2) is 6.10 Å². The van der Waals surface area contributed by atoms with E-state index >= 15 is 0 Å². The smallest absolute Gasteiger partial charge is 0.306 e. The maximum Gasteiger partial charge on any atom is 0.306 e.